The first kappa shape index (κ1) is 21.2. The first-order chi connectivity index (χ1) is 14.3. The second kappa shape index (κ2) is 9.34. The van der Waals surface area contributed by atoms with E-state index in [1.165, 1.54) is 12.1 Å². The Bertz CT molecular complexity index is 905. The van der Waals surface area contributed by atoms with E-state index in [0.29, 0.717) is 11.5 Å². The van der Waals surface area contributed by atoms with Gasteiger partial charge in [0.1, 0.15) is 17.5 Å². The second-order valence-electron chi connectivity index (χ2n) is 6.85. The maximum Gasteiger partial charge on any atom is 0.326 e. The molecule has 0 aliphatic carbocycles. The Morgan fingerprint density at radius 3 is 2.30 bits per heavy atom. The van der Waals surface area contributed by atoms with Gasteiger partial charge in [-0.25, -0.2) is 13.6 Å². The fourth-order valence-electron chi connectivity index (χ4n) is 3.22. The van der Waals surface area contributed by atoms with Crippen LogP contribution in [0.3, 0.4) is 0 Å². The van der Waals surface area contributed by atoms with Crippen molar-refractivity contribution in [2.45, 2.75) is 18.9 Å². The molecule has 2 aromatic rings. The highest BCUT2D eigenvalue weighted by Gasteiger charge is 2.42. The van der Waals surface area contributed by atoms with Gasteiger partial charge in [-0.2, -0.15) is 0 Å². The van der Waals surface area contributed by atoms with Crippen LogP contribution in [0.5, 0.6) is 11.5 Å². The Hall–Kier alpha value is -3.49. The number of aliphatic carboxylic acids is 1. The third-order valence-electron chi connectivity index (χ3n) is 4.79. The summed E-state index contributed by atoms with van der Waals surface area (Å²) in [6, 6.07) is 14.0. The number of para-hydroxylation sites is 1. The van der Waals surface area contributed by atoms with Gasteiger partial charge in [0.15, 0.2) is 0 Å². The third-order valence-corrected chi connectivity index (χ3v) is 4.79. The molecule has 1 aliphatic rings. The Morgan fingerprint density at radius 2 is 1.70 bits per heavy atom. The molecule has 3 rings (SSSR count). The molecule has 2 atom stereocenters. The van der Waals surface area contributed by atoms with Gasteiger partial charge in [-0.15, -0.1) is 0 Å². The number of ether oxygens (including phenoxy) is 1. The van der Waals surface area contributed by atoms with Gasteiger partial charge < -0.3 is 20.1 Å². The molecule has 2 N–H and O–H groups in total. The molecule has 2 aromatic carbocycles. The number of halogens is 2. The highest BCUT2D eigenvalue weighted by atomic mass is 19.3. The van der Waals surface area contributed by atoms with E-state index in [9.17, 15) is 28.3 Å². The van der Waals surface area contributed by atoms with Gasteiger partial charge in [-0.05, 0) is 42.8 Å². The minimum Gasteiger partial charge on any atom is -0.480 e. The lowest BCUT2D eigenvalue weighted by Crippen LogP contribution is -2.45. The number of likely N-dealkylation sites (tertiary alicyclic amines) is 1. The smallest absolute Gasteiger partial charge is 0.326 e. The first-order valence-corrected chi connectivity index (χ1v) is 9.26. The van der Waals surface area contributed by atoms with Crippen LogP contribution < -0.4 is 10.1 Å². The van der Waals surface area contributed by atoms with Gasteiger partial charge in [0.05, 0.1) is 6.54 Å². The number of benzene rings is 2. The van der Waals surface area contributed by atoms with Gasteiger partial charge in [0, 0.05) is 18.0 Å². The van der Waals surface area contributed by atoms with E-state index in [0.717, 1.165) is 4.90 Å². The zero-order valence-electron chi connectivity index (χ0n) is 15.8. The van der Waals surface area contributed by atoms with Crippen LogP contribution in [0.2, 0.25) is 0 Å². The van der Waals surface area contributed by atoms with Crippen LogP contribution in [-0.2, 0) is 9.59 Å². The van der Waals surface area contributed by atoms with Crippen molar-refractivity contribution in [2.75, 3.05) is 13.1 Å². The number of amides is 2. The zero-order valence-corrected chi connectivity index (χ0v) is 15.8. The van der Waals surface area contributed by atoms with E-state index in [1.807, 2.05) is 18.2 Å². The first-order valence-electron chi connectivity index (χ1n) is 9.26. The number of carboxylic acids is 1. The summed E-state index contributed by atoms with van der Waals surface area (Å²) in [5.41, 5.74) is 0.268. The number of carbonyl (C=O) groups excluding carboxylic acids is 2. The van der Waals surface area contributed by atoms with Gasteiger partial charge in [0.2, 0.25) is 12.3 Å². The molecule has 2 amide bonds. The number of nitrogens with one attached hydrogen (secondary N) is 1. The minimum absolute atomic E-state index is 0.268. The monoisotopic (exact) mass is 418 g/mol. The number of hydrogen-bond acceptors (Lipinski definition) is 4. The molecular weight excluding hydrogens is 398 g/mol. The van der Waals surface area contributed by atoms with Crippen LogP contribution >= 0.6 is 0 Å². The number of alkyl halides is 2. The van der Waals surface area contributed by atoms with Crippen molar-refractivity contribution in [2.24, 2.45) is 5.92 Å². The van der Waals surface area contributed by atoms with Crippen LogP contribution in [0.1, 0.15) is 16.8 Å². The van der Waals surface area contributed by atoms with Gasteiger partial charge in [-0.1, -0.05) is 18.2 Å². The SMILES string of the molecule is O=C(NCC(=O)N1C[C@H](C(F)F)C[C@H]1C(=O)O)c1ccc(Oc2ccccc2)cc1. The number of carbonyl (C=O) groups is 3. The topological polar surface area (TPSA) is 95.9 Å². The van der Waals surface area contributed by atoms with E-state index < -0.39 is 42.7 Å². The summed E-state index contributed by atoms with van der Waals surface area (Å²) in [5, 5.41) is 11.6. The predicted molar refractivity (Wildman–Crippen MR) is 103 cm³/mol. The molecule has 1 heterocycles. The van der Waals surface area contributed by atoms with E-state index in [1.54, 1.807) is 24.3 Å². The fourth-order valence-corrected chi connectivity index (χ4v) is 3.22. The lowest BCUT2D eigenvalue weighted by atomic mass is 10.1. The van der Waals surface area contributed by atoms with E-state index in [-0.39, 0.29) is 18.5 Å². The summed E-state index contributed by atoms with van der Waals surface area (Å²) in [7, 11) is 0. The largest absolute Gasteiger partial charge is 0.480 e. The van der Waals surface area contributed by atoms with E-state index >= 15 is 0 Å². The maximum atomic E-state index is 12.9. The summed E-state index contributed by atoms with van der Waals surface area (Å²) < 4.78 is 31.4. The summed E-state index contributed by atoms with van der Waals surface area (Å²) in [6.07, 6.45) is -3.02. The summed E-state index contributed by atoms with van der Waals surface area (Å²) in [6.45, 7) is -0.838. The number of hydrogen-bond donors (Lipinski definition) is 2. The molecule has 0 bridgehead atoms. The van der Waals surface area contributed by atoms with E-state index in [2.05, 4.69) is 5.32 Å². The van der Waals surface area contributed by atoms with Gasteiger partial charge >= 0.3 is 5.97 Å². The van der Waals surface area contributed by atoms with Crippen molar-refractivity contribution in [3.8, 4) is 11.5 Å². The second-order valence-corrected chi connectivity index (χ2v) is 6.85. The Labute approximate surface area is 171 Å². The van der Waals surface area contributed by atoms with Crippen molar-refractivity contribution in [3.05, 3.63) is 60.2 Å². The Balaban J connectivity index is 1.55. The molecule has 0 aromatic heterocycles. The van der Waals surface area contributed by atoms with Crippen molar-refractivity contribution >= 4 is 17.8 Å². The average molecular weight is 418 g/mol. The summed E-state index contributed by atoms with van der Waals surface area (Å²) in [4.78, 5) is 36.7. The molecule has 158 valence electrons. The molecule has 1 aliphatic heterocycles. The van der Waals surface area contributed by atoms with Crippen molar-refractivity contribution < 1.29 is 33.0 Å². The quantitative estimate of drug-likeness (QED) is 0.721. The van der Waals surface area contributed by atoms with Crippen molar-refractivity contribution in [1.29, 1.82) is 0 Å². The molecule has 1 saturated heterocycles. The molecule has 0 unspecified atom stereocenters. The molecule has 0 saturated carbocycles. The van der Waals surface area contributed by atoms with Crippen molar-refractivity contribution in [3.63, 3.8) is 0 Å². The van der Waals surface area contributed by atoms with Crippen LogP contribution in [0.15, 0.2) is 54.6 Å². The maximum absolute atomic E-state index is 12.9. The molecule has 0 spiro atoms. The number of nitrogens with zero attached hydrogens (tertiary/aromatic N) is 1. The van der Waals surface area contributed by atoms with Gasteiger partial charge in [0.25, 0.3) is 5.91 Å². The minimum atomic E-state index is -2.71. The molecular formula is C21H20F2N2O5. The van der Waals surface area contributed by atoms with Crippen LogP contribution in [0.4, 0.5) is 8.78 Å². The lowest BCUT2D eigenvalue weighted by Gasteiger charge is -2.21. The summed E-state index contributed by atoms with van der Waals surface area (Å²) in [5.74, 6) is -2.64. The number of carboxylic acid groups (broad SMARTS) is 1. The fraction of sp³-hybridized carbons (Fsp3) is 0.286. The third kappa shape index (κ3) is 5.11. The standard InChI is InChI=1S/C21H20F2N2O5/c22-19(23)14-10-17(21(28)29)25(12-14)18(26)11-24-20(27)13-6-8-16(9-7-13)30-15-4-2-1-3-5-15/h1-9,14,17,19H,10-12H2,(H,24,27)(H,28,29)/t14-,17+/m1/s1. The Morgan fingerprint density at radius 1 is 1.07 bits per heavy atom. The molecule has 9 heteroatoms. The number of rotatable bonds is 7. The Kier molecular flexibility index (Phi) is 6.61. The lowest BCUT2D eigenvalue weighted by molar-refractivity contribution is -0.147. The highest BCUT2D eigenvalue weighted by molar-refractivity contribution is 5.97. The molecule has 1 fully saturated rings. The van der Waals surface area contributed by atoms with Crippen LogP contribution in [-0.4, -0.2) is 53.3 Å². The normalized spacial score (nSPS) is 18.3. The average Bonchev–Trinajstić information content (AvgIpc) is 3.19. The van der Waals surface area contributed by atoms with Crippen LogP contribution in [0.25, 0.3) is 0 Å². The summed E-state index contributed by atoms with van der Waals surface area (Å²) >= 11 is 0. The van der Waals surface area contributed by atoms with E-state index in [4.69, 9.17) is 4.74 Å². The predicted octanol–water partition coefficient (Wildman–Crippen LogP) is 2.78. The zero-order chi connectivity index (χ0) is 21.7. The van der Waals surface area contributed by atoms with Crippen LogP contribution in [0, 0.1) is 5.92 Å². The molecule has 7 nitrogen and oxygen atoms in total. The highest BCUT2D eigenvalue weighted by Crippen LogP contribution is 2.28. The van der Waals surface area contributed by atoms with Crippen molar-refractivity contribution in [1.82, 2.24) is 10.2 Å². The molecule has 0 radical (unpaired) electrons. The van der Waals surface area contributed by atoms with Gasteiger partial charge in [-0.3, -0.25) is 9.59 Å². The molecule has 30 heavy (non-hydrogen) atoms.